The predicted octanol–water partition coefficient (Wildman–Crippen LogP) is 3.21. The number of hydrogen-bond acceptors (Lipinski definition) is 5. The van der Waals surface area contributed by atoms with Gasteiger partial charge in [-0.25, -0.2) is 4.98 Å². The molecule has 1 unspecified atom stereocenters. The van der Waals surface area contributed by atoms with Gasteiger partial charge in [0.2, 0.25) is 11.2 Å². The van der Waals surface area contributed by atoms with E-state index in [0.29, 0.717) is 18.5 Å². The van der Waals surface area contributed by atoms with Crippen LogP contribution in [-0.2, 0) is 0 Å². The molecule has 0 spiro atoms. The SMILES string of the molecule is CN1CCCC1CCOc1nc(Cl)nc2sccc12. The smallest absolute Gasteiger partial charge is 0.227 e. The molecule has 1 saturated heterocycles. The van der Waals surface area contributed by atoms with Crippen molar-refractivity contribution in [1.29, 1.82) is 0 Å². The van der Waals surface area contributed by atoms with Crippen molar-refractivity contribution in [1.82, 2.24) is 14.9 Å². The molecule has 1 atom stereocenters. The topological polar surface area (TPSA) is 38.2 Å². The third-order valence-electron chi connectivity index (χ3n) is 3.62. The van der Waals surface area contributed by atoms with E-state index in [1.807, 2.05) is 11.4 Å². The maximum atomic E-state index is 5.91. The van der Waals surface area contributed by atoms with Crippen LogP contribution in [0.5, 0.6) is 5.88 Å². The normalized spacial score (nSPS) is 20.2. The number of halogens is 1. The van der Waals surface area contributed by atoms with Gasteiger partial charge < -0.3 is 9.64 Å². The first-order valence-electron chi connectivity index (χ1n) is 6.48. The van der Waals surface area contributed by atoms with Crippen LogP contribution in [0.1, 0.15) is 19.3 Å². The van der Waals surface area contributed by atoms with Gasteiger partial charge in [-0.1, -0.05) is 0 Å². The molecule has 4 nitrogen and oxygen atoms in total. The highest BCUT2D eigenvalue weighted by molar-refractivity contribution is 7.16. The number of aromatic nitrogens is 2. The van der Waals surface area contributed by atoms with Gasteiger partial charge in [-0.15, -0.1) is 11.3 Å². The second-order valence-corrected chi connectivity index (χ2v) is 6.08. The second kappa shape index (κ2) is 5.61. The molecule has 3 rings (SSSR count). The van der Waals surface area contributed by atoms with E-state index in [1.54, 1.807) is 11.3 Å². The molecular weight excluding hydrogens is 282 g/mol. The molecule has 0 aliphatic carbocycles. The van der Waals surface area contributed by atoms with E-state index < -0.39 is 0 Å². The summed E-state index contributed by atoms with van der Waals surface area (Å²) in [5.74, 6) is 0.608. The molecule has 0 saturated carbocycles. The van der Waals surface area contributed by atoms with Gasteiger partial charge in [0.25, 0.3) is 0 Å². The van der Waals surface area contributed by atoms with Crippen LogP contribution in [0.2, 0.25) is 5.28 Å². The lowest BCUT2D eigenvalue weighted by atomic mass is 10.1. The molecule has 2 aromatic rings. The highest BCUT2D eigenvalue weighted by Gasteiger charge is 2.20. The highest BCUT2D eigenvalue weighted by Crippen LogP contribution is 2.28. The van der Waals surface area contributed by atoms with Gasteiger partial charge in [0.1, 0.15) is 4.83 Å². The van der Waals surface area contributed by atoms with Gasteiger partial charge in [-0.2, -0.15) is 4.98 Å². The zero-order valence-corrected chi connectivity index (χ0v) is 12.4. The lowest BCUT2D eigenvalue weighted by molar-refractivity contribution is 0.230. The lowest BCUT2D eigenvalue weighted by Gasteiger charge is -2.19. The Bertz CT molecular complexity index is 574. The van der Waals surface area contributed by atoms with Crippen molar-refractivity contribution in [2.45, 2.75) is 25.3 Å². The van der Waals surface area contributed by atoms with E-state index in [1.165, 1.54) is 19.4 Å². The molecule has 6 heteroatoms. The van der Waals surface area contributed by atoms with Crippen LogP contribution >= 0.6 is 22.9 Å². The van der Waals surface area contributed by atoms with Crippen LogP contribution in [0.4, 0.5) is 0 Å². The summed E-state index contributed by atoms with van der Waals surface area (Å²) in [6.07, 6.45) is 3.58. The number of nitrogens with zero attached hydrogens (tertiary/aromatic N) is 3. The Kier molecular flexibility index (Phi) is 3.86. The molecule has 0 N–H and O–H groups in total. The van der Waals surface area contributed by atoms with Gasteiger partial charge in [0.05, 0.1) is 12.0 Å². The third-order valence-corrected chi connectivity index (χ3v) is 4.60. The molecule has 0 radical (unpaired) electrons. The summed E-state index contributed by atoms with van der Waals surface area (Å²) < 4.78 is 5.81. The van der Waals surface area contributed by atoms with Crippen molar-refractivity contribution in [3.8, 4) is 5.88 Å². The minimum absolute atomic E-state index is 0.253. The molecule has 0 amide bonds. The van der Waals surface area contributed by atoms with Crippen LogP contribution in [0.3, 0.4) is 0 Å². The fourth-order valence-electron chi connectivity index (χ4n) is 2.55. The molecule has 1 fully saturated rings. The summed E-state index contributed by atoms with van der Waals surface area (Å²) in [6, 6.07) is 2.61. The van der Waals surface area contributed by atoms with E-state index >= 15 is 0 Å². The lowest BCUT2D eigenvalue weighted by Crippen LogP contribution is -2.26. The predicted molar refractivity (Wildman–Crippen MR) is 78.2 cm³/mol. The fraction of sp³-hybridized carbons (Fsp3) is 0.538. The minimum Gasteiger partial charge on any atom is -0.477 e. The number of hydrogen-bond donors (Lipinski definition) is 0. The number of fused-ring (bicyclic) bond motifs is 1. The summed E-state index contributed by atoms with van der Waals surface area (Å²) >= 11 is 7.46. The Morgan fingerprint density at radius 1 is 1.53 bits per heavy atom. The summed E-state index contributed by atoms with van der Waals surface area (Å²) in [6.45, 7) is 1.87. The van der Waals surface area contributed by atoms with E-state index in [2.05, 4.69) is 21.9 Å². The van der Waals surface area contributed by atoms with Crippen molar-refractivity contribution < 1.29 is 4.74 Å². The van der Waals surface area contributed by atoms with E-state index in [-0.39, 0.29) is 5.28 Å². The van der Waals surface area contributed by atoms with Crippen LogP contribution in [-0.4, -0.2) is 41.1 Å². The van der Waals surface area contributed by atoms with Gasteiger partial charge >= 0.3 is 0 Å². The Morgan fingerprint density at radius 3 is 3.21 bits per heavy atom. The van der Waals surface area contributed by atoms with Gasteiger partial charge in [-0.05, 0) is 55.9 Å². The molecule has 3 heterocycles. The zero-order chi connectivity index (χ0) is 13.2. The molecule has 102 valence electrons. The largest absolute Gasteiger partial charge is 0.477 e. The van der Waals surface area contributed by atoms with E-state index in [0.717, 1.165) is 16.6 Å². The van der Waals surface area contributed by atoms with Crippen molar-refractivity contribution in [3.63, 3.8) is 0 Å². The summed E-state index contributed by atoms with van der Waals surface area (Å²) in [5, 5.41) is 3.19. The monoisotopic (exact) mass is 297 g/mol. The van der Waals surface area contributed by atoms with Crippen molar-refractivity contribution >= 4 is 33.2 Å². The van der Waals surface area contributed by atoms with Crippen LogP contribution in [0, 0.1) is 0 Å². The first-order valence-corrected chi connectivity index (χ1v) is 7.73. The summed E-state index contributed by atoms with van der Waals surface area (Å²) in [7, 11) is 2.18. The summed E-state index contributed by atoms with van der Waals surface area (Å²) in [5.41, 5.74) is 0. The van der Waals surface area contributed by atoms with Gasteiger partial charge in [-0.3, -0.25) is 0 Å². The summed E-state index contributed by atoms with van der Waals surface area (Å²) in [4.78, 5) is 11.6. The van der Waals surface area contributed by atoms with Crippen molar-refractivity contribution in [2.75, 3.05) is 20.2 Å². The first kappa shape index (κ1) is 13.1. The Hall–Kier alpha value is -0.910. The third kappa shape index (κ3) is 2.83. The zero-order valence-electron chi connectivity index (χ0n) is 10.8. The maximum absolute atomic E-state index is 5.91. The van der Waals surface area contributed by atoms with Crippen LogP contribution in [0.15, 0.2) is 11.4 Å². The Balaban J connectivity index is 1.66. The van der Waals surface area contributed by atoms with Crippen molar-refractivity contribution in [3.05, 3.63) is 16.7 Å². The van der Waals surface area contributed by atoms with E-state index in [9.17, 15) is 0 Å². The number of likely N-dealkylation sites (tertiary alicyclic amines) is 1. The quantitative estimate of drug-likeness (QED) is 0.812. The molecular formula is C13H16ClN3OS. The molecule has 2 aromatic heterocycles. The highest BCUT2D eigenvalue weighted by atomic mass is 35.5. The minimum atomic E-state index is 0.253. The maximum Gasteiger partial charge on any atom is 0.227 e. The Morgan fingerprint density at radius 2 is 2.42 bits per heavy atom. The molecule has 0 bridgehead atoms. The number of rotatable bonds is 4. The fourth-order valence-corrected chi connectivity index (χ4v) is 3.52. The second-order valence-electron chi connectivity index (χ2n) is 4.85. The first-order chi connectivity index (χ1) is 9.24. The van der Waals surface area contributed by atoms with Gasteiger partial charge in [0.15, 0.2) is 0 Å². The molecule has 19 heavy (non-hydrogen) atoms. The molecule has 1 aliphatic heterocycles. The molecule has 0 aromatic carbocycles. The van der Waals surface area contributed by atoms with Gasteiger partial charge in [0, 0.05) is 6.04 Å². The molecule has 1 aliphatic rings. The Labute approximate surface area is 121 Å². The van der Waals surface area contributed by atoms with Crippen LogP contribution in [0.25, 0.3) is 10.2 Å². The van der Waals surface area contributed by atoms with Crippen LogP contribution < -0.4 is 4.74 Å². The number of thiophene rings is 1. The van der Waals surface area contributed by atoms with Crippen molar-refractivity contribution in [2.24, 2.45) is 0 Å². The average molecular weight is 298 g/mol. The number of ether oxygens (including phenoxy) is 1. The average Bonchev–Trinajstić information content (AvgIpc) is 2.98. The standard InChI is InChI=1S/C13H16ClN3OS/c1-17-6-2-3-9(17)4-7-18-11-10-5-8-19-12(10)16-13(14)15-11/h5,8-9H,2-4,6-7H2,1H3. The van der Waals surface area contributed by atoms with E-state index in [4.69, 9.17) is 16.3 Å².